The second-order valence-electron chi connectivity index (χ2n) is 8.18. The summed E-state index contributed by atoms with van der Waals surface area (Å²) in [5.41, 5.74) is 11.3. The first-order valence-corrected chi connectivity index (χ1v) is 10.7. The number of amides is 2. The van der Waals surface area contributed by atoms with Gasteiger partial charge in [0.15, 0.2) is 5.65 Å². The number of nitrogens with zero attached hydrogens (tertiary/aromatic N) is 4. The van der Waals surface area contributed by atoms with Gasteiger partial charge < -0.3 is 10.6 Å². The lowest BCUT2D eigenvalue weighted by Crippen LogP contribution is -2.38. The number of hydrogen-bond donors (Lipinski definition) is 1. The summed E-state index contributed by atoms with van der Waals surface area (Å²) in [6.07, 6.45) is 4.13. The molecule has 0 radical (unpaired) electrons. The molecule has 0 saturated carbocycles. The topological polar surface area (TPSA) is 93.6 Å². The van der Waals surface area contributed by atoms with Crippen LogP contribution in [0.15, 0.2) is 30.5 Å². The van der Waals surface area contributed by atoms with E-state index in [2.05, 4.69) is 48.2 Å². The summed E-state index contributed by atoms with van der Waals surface area (Å²) < 4.78 is 1.63. The molecule has 1 atom stereocenters. The second kappa shape index (κ2) is 9.29. The number of hydrogen-bond acceptors (Lipinski definition) is 4. The molecule has 164 valence electrons. The maximum Gasteiger partial charge on any atom is 0.254 e. The van der Waals surface area contributed by atoms with Gasteiger partial charge in [-0.25, -0.2) is 9.50 Å². The highest BCUT2D eigenvalue weighted by Crippen LogP contribution is 2.20. The Morgan fingerprint density at radius 3 is 2.45 bits per heavy atom. The average Bonchev–Trinajstić information content (AvgIpc) is 3.16. The molecule has 0 spiro atoms. The Hall–Kier alpha value is -3.22. The number of aryl methyl sites for hydroxylation is 3. The molecular weight excluding hydrogens is 390 g/mol. The summed E-state index contributed by atoms with van der Waals surface area (Å²) in [5.74, 6) is -0.443. The lowest BCUT2D eigenvalue weighted by atomic mass is 10.0. The first kappa shape index (κ1) is 22.5. The van der Waals surface area contributed by atoms with Gasteiger partial charge in [0, 0.05) is 30.9 Å². The maximum atomic E-state index is 13.0. The van der Waals surface area contributed by atoms with Crippen LogP contribution < -0.4 is 5.73 Å². The van der Waals surface area contributed by atoms with Gasteiger partial charge in [0.25, 0.3) is 5.91 Å². The summed E-state index contributed by atoms with van der Waals surface area (Å²) >= 11 is 0. The molecule has 0 fully saturated rings. The molecule has 1 unspecified atom stereocenters. The minimum absolute atomic E-state index is 0.108. The summed E-state index contributed by atoms with van der Waals surface area (Å²) in [6.45, 7) is 8.00. The van der Waals surface area contributed by atoms with E-state index in [0.717, 1.165) is 29.8 Å². The molecule has 31 heavy (non-hydrogen) atoms. The monoisotopic (exact) mass is 421 g/mol. The maximum absolute atomic E-state index is 13.0. The van der Waals surface area contributed by atoms with E-state index in [9.17, 15) is 9.59 Å². The van der Waals surface area contributed by atoms with E-state index in [1.165, 1.54) is 17.3 Å². The third-order valence-corrected chi connectivity index (χ3v) is 6.07. The normalized spacial score (nSPS) is 12.2. The molecule has 0 aliphatic rings. The van der Waals surface area contributed by atoms with Crippen molar-refractivity contribution in [3.63, 3.8) is 0 Å². The van der Waals surface area contributed by atoms with Gasteiger partial charge in [-0.2, -0.15) is 5.10 Å². The Morgan fingerprint density at radius 1 is 1.16 bits per heavy atom. The van der Waals surface area contributed by atoms with Crippen LogP contribution in [0.25, 0.3) is 5.65 Å². The van der Waals surface area contributed by atoms with E-state index in [1.54, 1.807) is 4.52 Å². The van der Waals surface area contributed by atoms with Crippen LogP contribution in [0.2, 0.25) is 0 Å². The van der Waals surface area contributed by atoms with Gasteiger partial charge in [-0.05, 0) is 51.2 Å². The number of carbonyl (C=O) groups excluding carboxylic acids is 2. The fraction of sp³-hybridized carbons (Fsp3) is 0.417. The fourth-order valence-electron chi connectivity index (χ4n) is 4.01. The van der Waals surface area contributed by atoms with Crippen LogP contribution in [0.1, 0.15) is 58.2 Å². The number of primary amides is 1. The molecule has 2 amide bonds. The van der Waals surface area contributed by atoms with Gasteiger partial charge in [0.2, 0.25) is 5.91 Å². The molecule has 1 aromatic carbocycles. The molecule has 2 N–H and O–H groups in total. The first-order chi connectivity index (χ1) is 14.7. The molecule has 0 aliphatic carbocycles. The zero-order valence-electron chi connectivity index (χ0n) is 19.0. The Bertz CT molecular complexity index is 1100. The molecule has 0 aliphatic heterocycles. The van der Waals surface area contributed by atoms with Crippen LogP contribution in [-0.2, 0) is 17.6 Å². The molecule has 3 rings (SSSR count). The minimum Gasteiger partial charge on any atom is -0.365 e. The molecule has 0 bridgehead atoms. The highest BCUT2D eigenvalue weighted by atomic mass is 16.2. The molecule has 7 nitrogen and oxygen atoms in total. The average molecular weight is 422 g/mol. The van der Waals surface area contributed by atoms with Gasteiger partial charge in [-0.1, -0.05) is 36.8 Å². The minimum atomic E-state index is -0.551. The van der Waals surface area contributed by atoms with Crippen molar-refractivity contribution in [2.45, 2.75) is 59.4 Å². The van der Waals surface area contributed by atoms with E-state index in [-0.39, 0.29) is 11.9 Å². The van der Waals surface area contributed by atoms with E-state index in [0.29, 0.717) is 24.1 Å². The summed E-state index contributed by atoms with van der Waals surface area (Å²) in [7, 11) is 1.89. The van der Waals surface area contributed by atoms with Crippen LogP contribution >= 0.6 is 0 Å². The zero-order valence-corrected chi connectivity index (χ0v) is 19.0. The predicted octanol–water partition coefficient (Wildman–Crippen LogP) is 3.17. The number of rotatable bonds is 8. The van der Waals surface area contributed by atoms with E-state index in [4.69, 9.17) is 5.73 Å². The molecule has 2 heterocycles. The summed E-state index contributed by atoms with van der Waals surface area (Å²) in [5, 5.41) is 4.26. The molecule has 0 saturated heterocycles. The van der Waals surface area contributed by atoms with E-state index in [1.807, 2.05) is 25.8 Å². The van der Waals surface area contributed by atoms with Crippen molar-refractivity contribution in [3.05, 3.63) is 64.1 Å². The van der Waals surface area contributed by atoms with Gasteiger partial charge in [-0.15, -0.1) is 0 Å². The van der Waals surface area contributed by atoms with Crippen LogP contribution in [0.3, 0.4) is 0 Å². The Balaban J connectivity index is 1.72. The molecular formula is C24H31N5O2. The fourth-order valence-corrected chi connectivity index (χ4v) is 4.01. The van der Waals surface area contributed by atoms with Crippen molar-refractivity contribution in [3.8, 4) is 0 Å². The smallest absolute Gasteiger partial charge is 0.254 e. The highest BCUT2D eigenvalue weighted by Gasteiger charge is 2.21. The third-order valence-electron chi connectivity index (χ3n) is 6.07. The SMILES string of the molecule is CCC(Cc1ccc(C)cc1)N(C)C(=O)CCc1c(C)nc2c(C(N)=O)cnn2c1C. The second-order valence-corrected chi connectivity index (χ2v) is 8.18. The van der Waals surface area contributed by atoms with Gasteiger partial charge >= 0.3 is 0 Å². The van der Waals surface area contributed by atoms with Crippen molar-refractivity contribution in [2.24, 2.45) is 5.73 Å². The van der Waals surface area contributed by atoms with E-state index >= 15 is 0 Å². The lowest BCUT2D eigenvalue weighted by Gasteiger charge is -2.28. The highest BCUT2D eigenvalue weighted by molar-refractivity contribution is 5.98. The Morgan fingerprint density at radius 2 is 1.84 bits per heavy atom. The lowest BCUT2D eigenvalue weighted by molar-refractivity contribution is -0.132. The van der Waals surface area contributed by atoms with E-state index < -0.39 is 5.91 Å². The molecule has 3 aromatic rings. The molecule has 2 aromatic heterocycles. The number of fused-ring (bicyclic) bond motifs is 1. The first-order valence-electron chi connectivity index (χ1n) is 10.7. The number of aromatic nitrogens is 3. The van der Waals surface area contributed by atoms with Crippen molar-refractivity contribution >= 4 is 17.5 Å². The molecule has 7 heteroatoms. The van der Waals surface area contributed by atoms with Gasteiger partial charge in [-0.3, -0.25) is 9.59 Å². The number of likely N-dealkylation sites (N-methyl/N-ethyl adjacent to an activating group) is 1. The predicted molar refractivity (Wildman–Crippen MR) is 121 cm³/mol. The number of carbonyl (C=O) groups is 2. The standard InChI is InChI=1S/C24H31N5O2/c1-6-19(13-18-9-7-15(2)8-10-18)28(5)22(30)12-11-20-16(3)27-24-21(23(25)31)14-26-29(24)17(20)4/h7-10,14,19H,6,11-13H2,1-5H3,(H2,25,31). The van der Waals surface area contributed by atoms with Crippen LogP contribution in [0.5, 0.6) is 0 Å². The quantitative estimate of drug-likeness (QED) is 0.604. The summed E-state index contributed by atoms with van der Waals surface area (Å²) in [6, 6.07) is 8.64. The Kier molecular flexibility index (Phi) is 6.73. The van der Waals surface area contributed by atoms with Crippen LogP contribution in [0, 0.1) is 20.8 Å². The number of benzene rings is 1. The van der Waals surface area contributed by atoms with Crippen molar-refractivity contribution < 1.29 is 9.59 Å². The summed E-state index contributed by atoms with van der Waals surface area (Å²) in [4.78, 5) is 31.0. The Labute approximate surface area is 183 Å². The van der Waals surface area contributed by atoms with Gasteiger partial charge in [0.1, 0.15) is 5.56 Å². The third kappa shape index (κ3) is 4.76. The van der Waals surface area contributed by atoms with Gasteiger partial charge in [0.05, 0.1) is 6.20 Å². The van der Waals surface area contributed by atoms with Crippen molar-refractivity contribution in [1.82, 2.24) is 19.5 Å². The zero-order chi connectivity index (χ0) is 22.7. The van der Waals surface area contributed by atoms with Crippen molar-refractivity contribution in [2.75, 3.05) is 7.05 Å². The number of nitrogens with two attached hydrogens (primary N) is 1. The van der Waals surface area contributed by atoms with Crippen LogP contribution in [0.4, 0.5) is 0 Å². The van der Waals surface area contributed by atoms with Crippen LogP contribution in [-0.4, -0.2) is 44.4 Å². The van der Waals surface area contributed by atoms with Crippen molar-refractivity contribution in [1.29, 1.82) is 0 Å². The largest absolute Gasteiger partial charge is 0.365 e.